The van der Waals surface area contributed by atoms with Crippen LogP contribution in [0.5, 0.6) is 0 Å². The molecule has 1 aromatic rings. The first kappa shape index (κ1) is 12.4. The first-order valence-corrected chi connectivity index (χ1v) is 6.69. The lowest BCUT2D eigenvalue weighted by Crippen LogP contribution is -2.43. The molecule has 0 saturated heterocycles. The first-order chi connectivity index (χ1) is 8.09. The van der Waals surface area contributed by atoms with E-state index >= 15 is 0 Å². The summed E-state index contributed by atoms with van der Waals surface area (Å²) < 4.78 is 0. The number of benzene rings is 1. The summed E-state index contributed by atoms with van der Waals surface area (Å²) in [5.74, 6) is 0.531. The van der Waals surface area contributed by atoms with Gasteiger partial charge in [-0.1, -0.05) is 25.1 Å². The Balaban J connectivity index is 2.21. The summed E-state index contributed by atoms with van der Waals surface area (Å²) in [5, 5.41) is 0. The third-order valence-electron chi connectivity index (χ3n) is 4.05. The molecule has 0 bridgehead atoms. The summed E-state index contributed by atoms with van der Waals surface area (Å²) in [7, 11) is 0. The van der Waals surface area contributed by atoms with Crippen molar-refractivity contribution < 1.29 is 0 Å². The number of hydrogen-bond donors (Lipinski definition) is 1. The second-order valence-corrected chi connectivity index (χ2v) is 5.51. The lowest BCUT2D eigenvalue weighted by atomic mass is 9.94. The van der Waals surface area contributed by atoms with Gasteiger partial charge in [0, 0.05) is 24.3 Å². The molecule has 3 unspecified atom stereocenters. The smallest absolute Gasteiger partial charge is 0.0401 e. The molecular weight excluding hydrogens is 208 g/mol. The summed E-state index contributed by atoms with van der Waals surface area (Å²) in [6.45, 7) is 7.74. The summed E-state index contributed by atoms with van der Waals surface area (Å²) in [4.78, 5) is 2.53. The Labute approximate surface area is 105 Å². The Morgan fingerprint density at radius 2 is 2.06 bits per heavy atom. The molecule has 1 aromatic carbocycles. The van der Waals surface area contributed by atoms with E-state index in [0.717, 1.165) is 6.54 Å². The highest BCUT2D eigenvalue weighted by molar-refractivity contribution is 5.56. The van der Waals surface area contributed by atoms with Crippen LogP contribution in [0.1, 0.15) is 32.8 Å². The third-order valence-corrected chi connectivity index (χ3v) is 4.05. The maximum absolute atomic E-state index is 5.99. The number of aryl methyl sites for hydroxylation is 1. The summed E-state index contributed by atoms with van der Waals surface area (Å²) in [5.41, 5.74) is 8.90. The van der Waals surface area contributed by atoms with E-state index in [9.17, 15) is 0 Å². The standard InChI is InChI=1S/C15H24N2/c1-11(13(3)16)10-17-12(2)8-9-14-6-4-5-7-15(14)17/h4-7,11-13H,8-10,16H2,1-3H3. The first-order valence-electron chi connectivity index (χ1n) is 6.69. The highest BCUT2D eigenvalue weighted by atomic mass is 15.2. The highest BCUT2D eigenvalue weighted by Gasteiger charge is 2.24. The highest BCUT2D eigenvalue weighted by Crippen LogP contribution is 2.31. The molecule has 2 heteroatoms. The van der Waals surface area contributed by atoms with Crippen LogP contribution in [0.4, 0.5) is 5.69 Å². The van der Waals surface area contributed by atoms with Gasteiger partial charge < -0.3 is 10.6 Å². The van der Waals surface area contributed by atoms with Crippen LogP contribution in [0.25, 0.3) is 0 Å². The molecule has 0 aromatic heterocycles. The maximum Gasteiger partial charge on any atom is 0.0401 e. The second-order valence-electron chi connectivity index (χ2n) is 5.51. The zero-order valence-corrected chi connectivity index (χ0v) is 11.2. The number of para-hydroxylation sites is 1. The zero-order chi connectivity index (χ0) is 12.4. The largest absolute Gasteiger partial charge is 0.368 e. The maximum atomic E-state index is 5.99. The fraction of sp³-hybridized carbons (Fsp3) is 0.600. The van der Waals surface area contributed by atoms with Crippen molar-refractivity contribution in [3.05, 3.63) is 29.8 Å². The molecule has 0 amide bonds. The van der Waals surface area contributed by atoms with Gasteiger partial charge in [-0.05, 0) is 44.2 Å². The predicted molar refractivity (Wildman–Crippen MR) is 74.4 cm³/mol. The molecule has 1 aliphatic heterocycles. The Kier molecular flexibility index (Phi) is 3.72. The van der Waals surface area contributed by atoms with Gasteiger partial charge in [-0.2, -0.15) is 0 Å². The quantitative estimate of drug-likeness (QED) is 0.868. The molecular formula is C15H24N2. The lowest BCUT2D eigenvalue weighted by Gasteiger charge is -2.39. The van der Waals surface area contributed by atoms with Crippen LogP contribution >= 0.6 is 0 Å². The molecule has 0 saturated carbocycles. The fourth-order valence-electron chi connectivity index (χ4n) is 2.51. The average molecular weight is 232 g/mol. The van der Waals surface area contributed by atoms with Crippen molar-refractivity contribution in [3.8, 4) is 0 Å². The minimum absolute atomic E-state index is 0.260. The topological polar surface area (TPSA) is 29.3 Å². The van der Waals surface area contributed by atoms with Crippen molar-refractivity contribution in [2.24, 2.45) is 11.7 Å². The summed E-state index contributed by atoms with van der Waals surface area (Å²) in [6, 6.07) is 9.67. The minimum atomic E-state index is 0.260. The van der Waals surface area contributed by atoms with Gasteiger partial charge in [0.1, 0.15) is 0 Å². The van der Waals surface area contributed by atoms with E-state index in [-0.39, 0.29) is 6.04 Å². The number of anilines is 1. The molecule has 1 aliphatic rings. The summed E-state index contributed by atoms with van der Waals surface area (Å²) >= 11 is 0. The number of fused-ring (bicyclic) bond motifs is 1. The molecule has 0 fully saturated rings. The van der Waals surface area contributed by atoms with Crippen LogP contribution in [-0.2, 0) is 6.42 Å². The molecule has 2 nitrogen and oxygen atoms in total. The second kappa shape index (κ2) is 5.09. The van der Waals surface area contributed by atoms with Gasteiger partial charge in [0.25, 0.3) is 0 Å². The molecule has 17 heavy (non-hydrogen) atoms. The van der Waals surface area contributed by atoms with Gasteiger partial charge in [0.2, 0.25) is 0 Å². The molecule has 2 rings (SSSR count). The zero-order valence-electron chi connectivity index (χ0n) is 11.2. The van der Waals surface area contributed by atoms with E-state index in [0.29, 0.717) is 12.0 Å². The fourth-order valence-corrected chi connectivity index (χ4v) is 2.51. The number of rotatable bonds is 3. The van der Waals surface area contributed by atoms with Gasteiger partial charge in [-0.25, -0.2) is 0 Å². The molecule has 1 heterocycles. The van der Waals surface area contributed by atoms with Crippen LogP contribution in [-0.4, -0.2) is 18.6 Å². The molecule has 94 valence electrons. The molecule has 0 radical (unpaired) electrons. The van der Waals surface area contributed by atoms with E-state index in [1.54, 1.807) is 0 Å². The van der Waals surface area contributed by atoms with Crippen molar-refractivity contribution in [1.29, 1.82) is 0 Å². The van der Waals surface area contributed by atoms with Crippen molar-refractivity contribution in [1.82, 2.24) is 0 Å². The van der Waals surface area contributed by atoms with Gasteiger partial charge in [0.15, 0.2) is 0 Å². The van der Waals surface area contributed by atoms with Crippen molar-refractivity contribution in [2.75, 3.05) is 11.4 Å². The van der Waals surface area contributed by atoms with Crippen LogP contribution in [0, 0.1) is 5.92 Å². The predicted octanol–water partition coefficient (Wildman–Crippen LogP) is 2.81. The monoisotopic (exact) mass is 232 g/mol. The van der Waals surface area contributed by atoms with Crippen molar-refractivity contribution in [2.45, 2.75) is 45.7 Å². The van der Waals surface area contributed by atoms with Crippen LogP contribution in [0.3, 0.4) is 0 Å². The van der Waals surface area contributed by atoms with E-state index in [2.05, 4.69) is 49.9 Å². The molecule has 0 aliphatic carbocycles. The SMILES string of the molecule is CC(N)C(C)CN1c2ccccc2CCC1C. The van der Waals surface area contributed by atoms with E-state index in [1.165, 1.54) is 24.1 Å². The summed E-state index contributed by atoms with van der Waals surface area (Å²) in [6.07, 6.45) is 2.46. The van der Waals surface area contributed by atoms with Gasteiger partial charge in [-0.3, -0.25) is 0 Å². The normalized spacial score (nSPS) is 23.1. The van der Waals surface area contributed by atoms with Crippen LogP contribution in [0.15, 0.2) is 24.3 Å². The van der Waals surface area contributed by atoms with Crippen molar-refractivity contribution >= 4 is 5.69 Å². The lowest BCUT2D eigenvalue weighted by molar-refractivity contribution is 0.441. The molecule has 2 N–H and O–H groups in total. The van der Waals surface area contributed by atoms with Gasteiger partial charge >= 0.3 is 0 Å². The molecule has 3 atom stereocenters. The molecule has 0 spiro atoms. The van der Waals surface area contributed by atoms with Gasteiger partial charge in [0.05, 0.1) is 0 Å². The van der Waals surface area contributed by atoms with Crippen LogP contribution in [0.2, 0.25) is 0 Å². The van der Waals surface area contributed by atoms with E-state index in [4.69, 9.17) is 5.73 Å². The van der Waals surface area contributed by atoms with Crippen molar-refractivity contribution in [3.63, 3.8) is 0 Å². The Morgan fingerprint density at radius 1 is 1.35 bits per heavy atom. The number of nitrogens with two attached hydrogens (primary N) is 1. The number of hydrogen-bond acceptors (Lipinski definition) is 2. The average Bonchev–Trinajstić information content (AvgIpc) is 2.32. The Morgan fingerprint density at radius 3 is 2.76 bits per heavy atom. The number of nitrogens with zero attached hydrogens (tertiary/aromatic N) is 1. The van der Waals surface area contributed by atoms with E-state index in [1.807, 2.05) is 0 Å². The Bertz CT molecular complexity index is 373. The van der Waals surface area contributed by atoms with E-state index < -0.39 is 0 Å². The Hall–Kier alpha value is -1.02. The third kappa shape index (κ3) is 2.63. The minimum Gasteiger partial charge on any atom is -0.368 e. The van der Waals surface area contributed by atoms with Gasteiger partial charge in [-0.15, -0.1) is 0 Å². The van der Waals surface area contributed by atoms with Crippen LogP contribution < -0.4 is 10.6 Å².